The number of nitrogens with zero attached hydrogens (tertiary/aromatic N) is 3. The zero-order valence-corrected chi connectivity index (χ0v) is 14.7. The Morgan fingerprint density at radius 2 is 1.84 bits per heavy atom. The summed E-state index contributed by atoms with van der Waals surface area (Å²) in [5.74, 6) is 0.0324. The number of carbonyl (C=O) groups excluding carboxylic acids is 2. The first kappa shape index (κ1) is 17.4. The number of carbonyl (C=O) groups is 2. The Labute approximate surface area is 147 Å². The lowest BCUT2D eigenvalue weighted by atomic mass is 9.98. The molecule has 2 atom stereocenters. The molecule has 1 saturated heterocycles. The standard InChI is InChI=1S/C18H25N5O2/c1-3-12(2)15(19)17(24)22-8-10-23(11-9-22)18(25)16-13-6-4-5-7-14(13)20-21-16/h4-7,12,15H,3,8-11,19H2,1-2H3,(H,20,21). The van der Waals surface area contributed by atoms with E-state index in [1.54, 1.807) is 9.80 Å². The lowest BCUT2D eigenvalue weighted by molar-refractivity contribution is -0.135. The van der Waals surface area contributed by atoms with Gasteiger partial charge >= 0.3 is 0 Å². The van der Waals surface area contributed by atoms with Crippen LogP contribution in [-0.4, -0.2) is 64.0 Å². The molecule has 1 fully saturated rings. The molecule has 0 aliphatic carbocycles. The Bertz CT molecular complexity index is 764. The van der Waals surface area contributed by atoms with Crippen LogP contribution >= 0.6 is 0 Å². The lowest BCUT2D eigenvalue weighted by Gasteiger charge is -2.36. The van der Waals surface area contributed by atoms with Crippen molar-refractivity contribution < 1.29 is 9.59 Å². The molecule has 1 aromatic carbocycles. The summed E-state index contributed by atoms with van der Waals surface area (Å²) in [4.78, 5) is 28.7. The average Bonchev–Trinajstić information content (AvgIpc) is 3.09. The van der Waals surface area contributed by atoms with E-state index >= 15 is 0 Å². The number of hydrogen-bond acceptors (Lipinski definition) is 4. The van der Waals surface area contributed by atoms with Crippen molar-refractivity contribution in [1.29, 1.82) is 0 Å². The molecule has 2 heterocycles. The summed E-state index contributed by atoms with van der Waals surface area (Å²) in [7, 11) is 0. The summed E-state index contributed by atoms with van der Waals surface area (Å²) >= 11 is 0. The maximum atomic E-state index is 12.8. The largest absolute Gasteiger partial charge is 0.338 e. The molecule has 1 aromatic heterocycles. The van der Waals surface area contributed by atoms with Crippen molar-refractivity contribution in [2.45, 2.75) is 26.3 Å². The fraction of sp³-hybridized carbons (Fsp3) is 0.500. The molecule has 1 aliphatic rings. The van der Waals surface area contributed by atoms with Crippen LogP contribution < -0.4 is 5.73 Å². The first-order valence-corrected chi connectivity index (χ1v) is 8.79. The molecule has 0 radical (unpaired) electrons. The number of para-hydroxylation sites is 1. The van der Waals surface area contributed by atoms with E-state index in [2.05, 4.69) is 10.2 Å². The number of nitrogens with two attached hydrogens (primary N) is 1. The third-order valence-corrected chi connectivity index (χ3v) is 5.09. The molecule has 2 aromatic rings. The molecule has 0 saturated carbocycles. The normalized spacial score (nSPS) is 17.6. The smallest absolute Gasteiger partial charge is 0.275 e. The second kappa shape index (κ2) is 7.23. The van der Waals surface area contributed by atoms with Crippen LogP contribution in [-0.2, 0) is 4.79 Å². The van der Waals surface area contributed by atoms with Crippen LogP contribution in [0, 0.1) is 5.92 Å². The van der Waals surface area contributed by atoms with Crippen LogP contribution in [0.1, 0.15) is 30.8 Å². The number of fused-ring (bicyclic) bond motifs is 1. The number of nitrogens with one attached hydrogen (secondary N) is 1. The van der Waals surface area contributed by atoms with Crippen LogP contribution in [0.4, 0.5) is 0 Å². The van der Waals surface area contributed by atoms with Crippen molar-refractivity contribution in [1.82, 2.24) is 20.0 Å². The predicted molar refractivity (Wildman–Crippen MR) is 96.0 cm³/mol. The Morgan fingerprint density at radius 3 is 2.52 bits per heavy atom. The maximum Gasteiger partial charge on any atom is 0.275 e. The SMILES string of the molecule is CCC(C)C(N)C(=O)N1CCN(C(=O)c2n[nH]c3ccccc23)CC1. The second-order valence-electron chi connectivity index (χ2n) is 6.65. The Balaban J connectivity index is 1.64. The van der Waals surface area contributed by atoms with Gasteiger partial charge in [0, 0.05) is 31.6 Å². The molecule has 7 heteroatoms. The van der Waals surface area contributed by atoms with Crippen LogP contribution in [0.25, 0.3) is 10.9 Å². The third kappa shape index (κ3) is 3.37. The predicted octanol–water partition coefficient (Wildman–Crippen LogP) is 1.22. The van der Waals surface area contributed by atoms with Gasteiger partial charge in [-0.05, 0) is 12.0 Å². The summed E-state index contributed by atoms with van der Waals surface area (Å²) in [5.41, 5.74) is 7.33. The highest BCUT2D eigenvalue weighted by molar-refractivity contribution is 6.04. The Hall–Kier alpha value is -2.41. The van der Waals surface area contributed by atoms with Crippen molar-refractivity contribution >= 4 is 22.7 Å². The monoisotopic (exact) mass is 343 g/mol. The van der Waals surface area contributed by atoms with E-state index in [0.717, 1.165) is 17.3 Å². The molecule has 0 spiro atoms. The topological polar surface area (TPSA) is 95.3 Å². The van der Waals surface area contributed by atoms with Gasteiger partial charge in [0.2, 0.25) is 5.91 Å². The van der Waals surface area contributed by atoms with Crippen LogP contribution in [0.3, 0.4) is 0 Å². The van der Waals surface area contributed by atoms with E-state index in [9.17, 15) is 9.59 Å². The third-order valence-electron chi connectivity index (χ3n) is 5.09. The van der Waals surface area contributed by atoms with Crippen LogP contribution in [0.2, 0.25) is 0 Å². The van der Waals surface area contributed by atoms with E-state index in [-0.39, 0.29) is 17.7 Å². The van der Waals surface area contributed by atoms with Gasteiger partial charge in [-0.2, -0.15) is 5.10 Å². The summed E-state index contributed by atoms with van der Waals surface area (Å²) < 4.78 is 0. The summed E-state index contributed by atoms with van der Waals surface area (Å²) in [6.45, 7) is 6.04. The number of aromatic amines is 1. The highest BCUT2D eigenvalue weighted by atomic mass is 16.2. The quantitative estimate of drug-likeness (QED) is 0.872. The lowest BCUT2D eigenvalue weighted by Crippen LogP contribution is -2.55. The molecule has 2 amide bonds. The van der Waals surface area contributed by atoms with Gasteiger partial charge in [0.05, 0.1) is 11.6 Å². The molecule has 25 heavy (non-hydrogen) atoms. The van der Waals surface area contributed by atoms with E-state index in [1.165, 1.54) is 0 Å². The highest BCUT2D eigenvalue weighted by Gasteiger charge is 2.30. The van der Waals surface area contributed by atoms with Gasteiger partial charge < -0.3 is 15.5 Å². The first-order valence-electron chi connectivity index (χ1n) is 8.79. The zero-order chi connectivity index (χ0) is 18.0. The minimum absolute atomic E-state index is 0.0216. The molecule has 3 N–H and O–H groups in total. The van der Waals surface area contributed by atoms with Crippen molar-refractivity contribution in [2.24, 2.45) is 11.7 Å². The minimum atomic E-state index is -0.470. The van der Waals surface area contributed by atoms with Crippen LogP contribution in [0.5, 0.6) is 0 Å². The fourth-order valence-electron chi connectivity index (χ4n) is 3.11. The van der Waals surface area contributed by atoms with Crippen molar-refractivity contribution in [2.75, 3.05) is 26.2 Å². The number of piperazine rings is 1. The molecule has 2 unspecified atom stereocenters. The van der Waals surface area contributed by atoms with Crippen molar-refractivity contribution in [3.8, 4) is 0 Å². The Kier molecular flexibility index (Phi) is 5.03. The molecular weight excluding hydrogens is 318 g/mol. The van der Waals surface area contributed by atoms with Crippen LogP contribution in [0.15, 0.2) is 24.3 Å². The van der Waals surface area contributed by atoms with E-state index in [4.69, 9.17) is 5.73 Å². The number of H-pyrrole nitrogens is 1. The number of aromatic nitrogens is 2. The molecule has 134 valence electrons. The average molecular weight is 343 g/mol. The number of hydrogen-bond donors (Lipinski definition) is 2. The summed E-state index contributed by atoms with van der Waals surface area (Å²) in [6.07, 6.45) is 0.873. The first-order chi connectivity index (χ1) is 12.0. The summed E-state index contributed by atoms with van der Waals surface area (Å²) in [6, 6.07) is 7.10. The Morgan fingerprint density at radius 1 is 1.20 bits per heavy atom. The van der Waals surface area contributed by atoms with Gasteiger partial charge in [-0.15, -0.1) is 0 Å². The highest BCUT2D eigenvalue weighted by Crippen LogP contribution is 2.18. The van der Waals surface area contributed by atoms with Gasteiger partial charge in [0.25, 0.3) is 5.91 Å². The maximum absolute atomic E-state index is 12.8. The molecule has 7 nitrogen and oxygen atoms in total. The van der Waals surface area contributed by atoms with Gasteiger partial charge in [0.15, 0.2) is 5.69 Å². The second-order valence-corrected chi connectivity index (χ2v) is 6.65. The number of amides is 2. The van der Waals surface area contributed by atoms with Gasteiger partial charge in [0.1, 0.15) is 0 Å². The van der Waals surface area contributed by atoms with Gasteiger partial charge in [-0.3, -0.25) is 14.7 Å². The van der Waals surface area contributed by atoms with Gasteiger partial charge in [-0.1, -0.05) is 38.5 Å². The number of benzene rings is 1. The molecule has 0 bridgehead atoms. The zero-order valence-electron chi connectivity index (χ0n) is 14.7. The van der Waals surface area contributed by atoms with E-state index in [0.29, 0.717) is 31.9 Å². The molecule has 3 rings (SSSR count). The molecular formula is C18H25N5O2. The van der Waals surface area contributed by atoms with Gasteiger partial charge in [-0.25, -0.2) is 0 Å². The summed E-state index contributed by atoms with van der Waals surface area (Å²) in [5, 5.41) is 7.88. The van der Waals surface area contributed by atoms with Crippen molar-refractivity contribution in [3.05, 3.63) is 30.0 Å². The van der Waals surface area contributed by atoms with E-state index < -0.39 is 6.04 Å². The molecule has 1 aliphatic heterocycles. The van der Waals surface area contributed by atoms with Crippen molar-refractivity contribution in [3.63, 3.8) is 0 Å². The van der Waals surface area contributed by atoms with E-state index in [1.807, 2.05) is 38.1 Å². The number of rotatable bonds is 4. The fourth-order valence-corrected chi connectivity index (χ4v) is 3.11. The minimum Gasteiger partial charge on any atom is -0.338 e.